The van der Waals surface area contributed by atoms with E-state index in [1.54, 1.807) is 12.4 Å². The minimum Gasteiger partial charge on any atom is -0.448 e. The zero-order valence-corrected chi connectivity index (χ0v) is 7.32. The average molecular weight is 176 g/mol. The molecule has 0 spiro atoms. The monoisotopic (exact) mass is 176 g/mol. The SMILES string of the molecule is [CH2]C(C)(c1cc[nH]n1)c1ncco1. The Labute approximate surface area is 76.0 Å². The van der Waals surface area contributed by atoms with Gasteiger partial charge in [0.05, 0.1) is 17.3 Å². The highest BCUT2D eigenvalue weighted by molar-refractivity contribution is 5.24. The van der Waals surface area contributed by atoms with Gasteiger partial charge in [0.25, 0.3) is 0 Å². The maximum Gasteiger partial charge on any atom is 0.205 e. The van der Waals surface area contributed by atoms with Gasteiger partial charge >= 0.3 is 0 Å². The fourth-order valence-corrected chi connectivity index (χ4v) is 1.17. The molecule has 0 bridgehead atoms. The minimum absolute atomic E-state index is 0.524. The lowest BCUT2D eigenvalue weighted by Gasteiger charge is -2.16. The molecule has 2 aromatic rings. The van der Waals surface area contributed by atoms with Crippen LogP contribution >= 0.6 is 0 Å². The first-order chi connectivity index (χ1) is 6.21. The Morgan fingerprint density at radius 3 is 3.00 bits per heavy atom. The molecule has 2 aromatic heterocycles. The third-order valence-electron chi connectivity index (χ3n) is 1.97. The molecule has 0 aromatic carbocycles. The van der Waals surface area contributed by atoms with Gasteiger partial charge < -0.3 is 4.42 Å². The number of nitrogens with one attached hydrogen (secondary N) is 1. The van der Waals surface area contributed by atoms with Crippen LogP contribution in [0.2, 0.25) is 0 Å². The van der Waals surface area contributed by atoms with Gasteiger partial charge in [-0.3, -0.25) is 5.10 Å². The molecule has 4 heteroatoms. The van der Waals surface area contributed by atoms with Crippen molar-refractivity contribution in [2.24, 2.45) is 0 Å². The second-order valence-corrected chi connectivity index (χ2v) is 3.13. The number of rotatable bonds is 2. The summed E-state index contributed by atoms with van der Waals surface area (Å²) < 4.78 is 5.19. The first kappa shape index (κ1) is 8.04. The second-order valence-electron chi connectivity index (χ2n) is 3.13. The predicted molar refractivity (Wildman–Crippen MR) is 46.9 cm³/mol. The molecule has 0 amide bonds. The van der Waals surface area contributed by atoms with Crippen molar-refractivity contribution in [3.05, 3.63) is 43.2 Å². The fraction of sp³-hybridized carbons (Fsp3) is 0.222. The number of aromatic nitrogens is 3. The van der Waals surface area contributed by atoms with Gasteiger partial charge in [0, 0.05) is 6.20 Å². The van der Waals surface area contributed by atoms with E-state index in [1.807, 2.05) is 13.0 Å². The number of nitrogens with zero attached hydrogens (tertiary/aromatic N) is 2. The maximum atomic E-state index is 5.19. The lowest BCUT2D eigenvalue weighted by molar-refractivity contribution is 0.430. The van der Waals surface area contributed by atoms with E-state index >= 15 is 0 Å². The molecule has 0 aliphatic heterocycles. The van der Waals surface area contributed by atoms with Crippen molar-refractivity contribution in [3.8, 4) is 0 Å². The molecule has 0 saturated heterocycles. The van der Waals surface area contributed by atoms with Crippen molar-refractivity contribution in [2.75, 3.05) is 0 Å². The van der Waals surface area contributed by atoms with Gasteiger partial charge in [0.2, 0.25) is 5.89 Å². The molecule has 2 rings (SSSR count). The Balaban J connectivity index is 2.42. The van der Waals surface area contributed by atoms with Crippen molar-refractivity contribution in [3.63, 3.8) is 0 Å². The molecule has 0 fully saturated rings. The van der Waals surface area contributed by atoms with E-state index in [1.165, 1.54) is 6.26 Å². The van der Waals surface area contributed by atoms with E-state index < -0.39 is 5.41 Å². The van der Waals surface area contributed by atoms with E-state index in [4.69, 9.17) is 4.42 Å². The van der Waals surface area contributed by atoms with Gasteiger partial charge in [-0.15, -0.1) is 0 Å². The number of H-pyrrole nitrogens is 1. The van der Waals surface area contributed by atoms with Crippen LogP contribution in [0.15, 0.2) is 29.1 Å². The Kier molecular flexibility index (Phi) is 1.69. The third kappa shape index (κ3) is 1.24. The van der Waals surface area contributed by atoms with E-state index in [-0.39, 0.29) is 0 Å². The van der Waals surface area contributed by atoms with Gasteiger partial charge in [-0.25, -0.2) is 4.98 Å². The molecular formula is C9H10N3O. The molecule has 67 valence electrons. The van der Waals surface area contributed by atoms with Gasteiger partial charge in [-0.05, 0) is 19.9 Å². The molecule has 0 aliphatic carbocycles. The number of hydrogen-bond donors (Lipinski definition) is 1. The van der Waals surface area contributed by atoms with Crippen molar-refractivity contribution in [1.29, 1.82) is 0 Å². The Bertz CT molecular complexity index is 325. The van der Waals surface area contributed by atoms with Crippen molar-refractivity contribution < 1.29 is 4.42 Å². The van der Waals surface area contributed by atoms with Crippen molar-refractivity contribution >= 4 is 0 Å². The molecular weight excluding hydrogens is 166 g/mol. The average Bonchev–Trinajstić information content (AvgIpc) is 2.78. The Morgan fingerprint density at radius 2 is 2.46 bits per heavy atom. The van der Waals surface area contributed by atoms with Crippen LogP contribution in [0.5, 0.6) is 0 Å². The maximum absolute atomic E-state index is 5.19. The van der Waals surface area contributed by atoms with Gasteiger partial charge in [-0.2, -0.15) is 5.10 Å². The van der Waals surface area contributed by atoms with Crippen LogP contribution in [-0.4, -0.2) is 15.2 Å². The van der Waals surface area contributed by atoms with Crippen LogP contribution in [0.3, 0.4) is 0 Å². The highest BCUT2D eigenvalue weighted by atomic mass is 16.3. The number of aromatic amines is 1. The van der Waals surface area contributed by atoms with Crippen LogP contribution in [0, 0.1) is 6.92 Å². The van der Waals surface area contributed by atoms with E-state index in [0.717, 1.165) is 5.69 Å². The molecule has 1 unspecified atom stereocenters. The summed E-state index contributed by atoms with van der Waals surface area (Å²) in [6.07, 6.45) is 4.89. The van der Waals surface area contributed by atoms with E-state index in [0.29, 0.717) is 5.89 Å². The van der Waals surface area contributed by atoms with Gasteiger partial charge in [0.15, 0.2) is 0 Å². The quantitative estimate of drug-likeness (QED) is 0.755. The smallest absolute Gasteiger partial charge is 0.205 e. The minimum atomic E-state index is -0.524. The zero-order valence-electron chi connectivity index (χ0n) is 7.32. The predicted octanol–water partition coefficient (Wildman–Crippen LogP) is 1.54. The van der Waals surface area contributed by atoms with Crippen molar-refractivity contribution in [1.82, 2.24) is 15.2 Å². The highest BCUT2D eigenvalue weighted by Crippen LogP contribution is 2.27. The Hall–Kier alpha value is -1.58. The van der Waals surface area contributed by atoms with Crippen LogP contribution < -0.4 is 0 Å². The largest absolute Gasteiger partial charge is 0.448 e. The first-order valence-electron chi connectivity index (χ1n) is 3.97. The molecule has 1 atom stereocenters. The summed E-state index contributed by atoms with van der Waals surface area (Å²) in [6, 6.07) is 1.86. The van der Waals surface area contributed by atoms with Crippen LogP contribution in [0.4, 0.5) is 0 Å². The first-order valence-corrected chi connectivity index (χ1v) is 3.97. The molecule has 13 heavy (non-hydrogen) atoms. The van der Waals surface area contributed by atoms with Gasteiger partial charge in [-0.1, -0.05) is 0 Å². The standard InChI is InChI=1S/C9H10N3O/c1-9(2,7-3-4-11-12-7)8-10-5-6-13-8/h3-6H,1H2,2H3,(H,11,12). The molecule has 0 aliphatic rings. The summed E-state index contributed by atoms with van der Waals surface area (Å²) in [5, 5.41) is 6.79. The summed E-state index contributed by atoms with van der Waals surface area (Å²) in [6.45, 7) is 5.93. The van der Waals surface area contributed by atoms with Crippen LogP contribution in [0.1, 0.15) is 18.5 Å². The fourth-order valence-electron chi connectivity index (χ4n) is 1.17. The third-order valence-corrected chi connectivity index (χ3v) is 1.97. The van der Waals surface area contributed by atoms with E-state index in [2.05, 4.69) is 22.1 Å². The number of oxazole rings is 1. The summed E-state index contributed by atoms with van der Waals surface area (Å²) in [4.78, 5) is 4.06. The molecule has 4 nitrogen and oxygen atoms in total. The molecule has 0 saturated carbocycles. The summed E-state index contributed by atoms with van der Waals surface area (Å²) in [5.74, 6) is 0.569. The summed E-state index contributed by atoms with van der Waals surface area (Å²) in [5.41, 5.74) is 0.290. The summed E-state index contributed by atoms with van der Waals surface area (Å²) in [7, 11) is 0. The Morgan fingerprint density at radius 1 is 1.62 bits per heavy atom. The lowest BCUT2D eigenvalue weighted by atomic mass is 9.89. The van der Waals surface area contributed by atoms with Gasteiger partial charge in [0.1, 0.15) is 6.26 Å². The normalized spacial score (nSPS) is 11.8. The molecule has 1 radical (unpaired) electrons. The zero-order chi connectivity index (χ0) is 9.31. The van der Waals surface area contributed by atoms with Crippen LogP contribution in [-0.2, 0) is 5.41 Å². The number of hydrogen-bond acceptors (Lipinski definition) is 3. The highest BCUT2D eigenvalue weighted by Gasteiger charge is 2.29. The van der Waals surface area contributed by atoms with E-state index in [9.17, 15) is 0 Å². The molecule has 1 N–H and O–H groups in total. The van der Waals surface area contributed by atoms with Crippen LogP contribution in [0.25, 0.3) is 0 Å². The lowest BCUT2D eigenvalue weighted by Crippen LogP contribution is -2.20. The molecule has 2 heterocycles. The second kappa shape index (κ2) is 2.73. The van der Waals surface area contributed by atoms with Crippen molar-refractivity contribution in [2.45, 2.75) is 12.3 Å². The summed E-state index contributed by atoms with van der Waals surface area (Å²) >= 11 is 0. The topological polar surface area (TPSA) is 54.7 Å².